The largest absolute Gasteiger partial charge is 0.480 e. The van der Waals surface area contributed by atoms with Gasteiger partial charge in [-0.3, -0.25) is 4.79 Å². The van der Waals surface area contributed by atoms with Crippen molar-refractivity contribution in [3.63, 3.8) is 0 Å². The SMILES string of the molecule is CCC(NC(=O)C(C)c1ccc(Br)s1)C(=O)O. The van der Waals surface area contributed by atoms with E-state index in [9.17, 15) is 9.59 Å². The molecular weight excluding hydrogens is 306 g/mol. The van der Waals surface area contributed by atoms with Crippen LogP contribution in [0.2, 0.25) is 0 Å². The zero-order valence-electron chi connectivity index (χ0n) is 9.57. The van der Waals surface area contributed by atoms with Gasteiger partial charge in [0.2, 0.25) is 5.91 Å². The topological polar surface area (TPSA) is 66.4 Å². The molecule has 4 nitrogen and oxygen atoms in total. The van der Waals surface area contributed by atoms with Crippen LogP contribution in [0.3, 0.4) is 0 Å². The van der Waals surface area contributed by atoms with Crippen molar-refractivity contribution in [3.05, 3.63) is 20.8 Å². The Kier molecular flexibility index (Phi) is 5.14. The molecule has 2 unspecified atom stereocenters. The molecule has 0 aliphatic carbocycles. The highest BCUT2D eigenvalue weighted by molar-refractivity contribution is 9.11. The van der Waals surface area contributed by atoms with Crippen molar-refractivity contribution in [1.82, 2.24) is 5.32 Å². The van der Waals surface area contributed by atoms with Crippen molar-refractivity contribution >= 4 is 39.1 Å². The molecule has 1 aromatic heterocycles. The lowest BCUT2D eigenvalue weighted by Crippen LogP contribution is -2.41. The maximum absolute atomic E-state index is 11.8. The van der Waals surface area contributed by atoms with Crippen LogP contribution in [0.5, 0.6) is 0 Å². The highest BCUT2D eigenvalue weighted by Crippen LogP contribution is 2.28. The molecule has 0 fully saturated rings. The van der Waals surface area contributed by atoms with E-state index in [0.29, 0.717) is 6.42 Å². The Balaban J connectivity index is 2.67. The molecule has 0 saturated heterocycles. The predicted molar refractivity (Wildman–Crippen MR) is 70.3 cm³/mol. The molecule has 0 saturated carbocycles. The number of aliphatic carboxylic acids is 1. The molecule has 0 aromatic carbocycles. The van der Waals surface area contributed by atoms with E-state index in [0.717, 1.165) is 8.66 Å². The van der Waals surface area contributed by atoms with Gasteiger partial charge in [-0.2, -0.15) is 0 Å². The van der Waals surface area contributed by atoms with E-state index in [-0.39, 0.29) is 11.8 Å². The van der Waals surface area contributed by atoms with Crippen molar-refractivity contribution in [2.45, 2.75) is 32.2 Å². The molecule has 0 radical (unpaired) electrons. The molecule has 0 spiro atoms. The van der Waals surface area contributed by atoms with Gasteiger partial charge in [-0.15, -0.1) is 11.3 Å². The van der Waals surface area contributed by atoms with Crippen LogP contribution in [0.4, 0.5) is 0 Å². The van der Waals surface area contributed by atoms with Crippen LogP contribution in [0.1, 0.15) is 31.1 Å². The number of carboxylic acids is 1. The zero-order chi connectivity index (χ0) is 13.0. The number of hydrogen-bond donors (Lipinski definition) is 2. The summed E-state index contributed by atoms with van der Waals surface area (Å²) in [6.07, 6.45) is 0.377. The summed E-state index contributed by atoms with van der Waals surface area (Å²) in [4.78, 5) is 23.6. The Morgan fingerprint density at radius 1 is 1.53 bits per heavy atom. The first-order valence-corrected chi connectivity index (χ1v) is 6.85. The van der Waals surface area contributed by atoms with Crippen LogP contribution >= 0.6 is 27.3 Å². The summed E-state index contributed by atoms with van der Waals surface area (Å²) < 4.78 is 0.956. The van der Waals surface area contributed by atoms with Crippen LogP contribution in [0.25, 0.3) is 0 Å². The second-order valence-electron chi connectivity index (χ2n) is 3.67. The molecule has 2 atom stereocenters. The number of carbonyl (C=O) groups is 2. The van der Waals surface area contributed by atoms with Crippen LogP contribution in [0, 0.1) is 0 Å². The highest BCUT2D eigenvalue weighted by Gasteiger charge is 2.23. The minimum atomic E-state index is -1.000. The molecule has 0 aliphatic rings. The summed E-state index contributed by atoms with van der Waals surface area (Å²) in [5, 5.41) is 11.4. The number of nitrogens with one attached hydrogen (secondary N) is 1. The van der Waals surface area contributed by atoms with Gasteiger partial charge < -0.3 is 10.4 Å². The van der Waals surface area contributed by atoms with Crippen molar-refractivity contribution in [2.24, 2.45) is 0 Å². The first-order valence-electron chi connectivity index (χ1n) is 5.24. The van der Waals surface area contributed by atoms with Gasteiger partial charge in [-0.25, -0.2) is 4.79 Å². The van der Waals surface area contributed by atoms with E-state index in [4.69, 9.17) is 5.11 Å². The van der Waals surface area contributed by atoms with E-state index in [2.05, 4.69) is 21.2 Å². The summed E-state index contributed by atoms with van der Waals surface area (Å²) in [7, 11) is 0. The molecule has 0 bridgehead atoms. The lowest BCUT2D eigenvalue weighted by atomic mass is 10.1. The van der Waals surface area contributed by atoms with Gasteiger partial charge in [-0.05, 0) is 41.4 Å². The fourth-order valence-corrected chi connectivity index (χ4v) is 2.80. The van der Waals surface area contributed by atoms with Gasteiger partial charge in [0, 0.05) is 4.88 Å². The van der Waals surface area contributed by atoms with Crippen LogP contribution in [-0.4, -0.2) is 23.0 Å². The van der Waals surface area contributed by atoms with Crippen molar-refractivity contribution in [3.8, 4) is 0 Å². The summed E-state index contributed by atoms with van der Waals surface area (Å²) in [6.45, 7) is 3.49. The molecule has 17 heavy (non-hydrogen) atoms. The highest BCUT2D eigenvalue weighted by atomic mass is 79.9. The fraction of sp³-hybridized carbons (Fsp3) is 0.455. The molecule has 2 N–H and O–H groups in total. The van der Waals surface area contributed by atoms with E-state index in [1.807, 2.05) is 12.1 Å². The van der Waals surface area contributed by atoms with E-state index >= 15 is 0 Å². The third kappa shape index (κ3) is 3.81. The van der Waals surface area contributed by atoms with Crippen LogP contribution in [0.15, 0.2) is 15.9 Å². The minimum Gasteiger partial charge on any atom is -0.480 e. The Morgan fingerprint density at radius 3 is 2.59 bits per heavy atom. The monoisotopic (exact) mass is 319 g/mol. The molecule has 1 rings (SSSR count). The molecule has 94 valence electrons. The maximum Gasteiger partial charge on any atom is 0.326 e. The van der Waals surface area contributed by atoms with Gasteiger partial charge in [0.15, 0.2) is 0 Å². The number of amides is 1. The minimum absolute atomic E-state index is 0.256. The lowest BCUT2D eigenvalue weighted by molar-refractivity contribution is -0.142. The number of carbonyl (C=O) groups excluding carboxylic acids is 1. The van der Waals surface area contributed by atoms with E-state index < -0.39 is 12.0 Å². The Morgan fingerprint density at radius 2 is 2.18 bits per heavy atom. The summed E-state index contributed by atoms with van der Waals surface area (Å²) >= 11 is 4.81. The molecule has 1 aromatic rings. The maximum atomic E-state index is 11.8. The van der Waals surface area contributed by atoms with Crippen LogP contribution in [-0.2, 0) is 9.59 Å². The van der Waals surface area contributed by atoms with Crippen molar-refractivity contribution in [2.75, 3.05) is 0 Å². The second-order valence-corrected chi connectivity index (χ2v) is 6.17. The Bertz CT molecular complexity index is 419. The Labute approximate surface area is 112 Å². The van der Waals surface area contributed by atoms with E-state index in [1.165, 1.54) is 11.3 Å². The smallest absolute Gasteiger partial charge is 0.326 e. The molecular formula is C11H14BrNO3S. The number of halogens is 1. The standard InChI is InChI=1S/C11H14BrNO3S/c1-3-7(11(15)16)13-10(14)6(2)8-4-5-9(12)17-8/h4-7H,3H2,1-2H3,(H,13,14)(H,15,16). The number of thiophene rings is 1. The third-order valence-corrected chi connectivity index (χ3v) is 4.24. The molecule has 0 aliphatic heterocycles. The average molecular weight is 320 g/mol. The average Bonchev–Trinajstić information content (AvgIpc) is 2.70. The van der Waals surface area contributed by atoms with Gasteiger partial charge in [0.25, 0.3) is 0 Å². The number of rotatable bonds is 5. The summed E-state index contributed by atoms with van der Waals surface area (Å²) in [5.41, 5.74) is 0. The first-order chi connectivity index (χ1) is 7.95. The van der Waals surface area contributed by atoms with Crippen molar-refractivity contribution < 1.29 is 14.7 Å². The quantitative estimate of drug-likeness (QED) is 0.876. The lowest BCUT2D eigenvalue weighted by Gasteiger charge is -2.15. The molecule has 1 amide bonds. The Hall–Kier alpha value is -0.880. The zero-order valence-corrected chi connectivity index (χ0v) is 12.0. The van der Waals surface area contributed by atoms with Crippen molar-refractivity contribution in [1.29, 1.82) is 0 Å². The number of hydrogen-bond acceptors (Lipinski definition) is 3. The normalized spacial score (nSPS) is 14.1. The fourth-order valence-electron chi connectivity index (χ4n) is 1.33. The first kappa shape index (κ1) is 14.2. The van der Waals surface area contributed by atoms with Crippen LogP contribution < -0.4 is 5.32 Å². The molecule has 6 heteroatoms. The van der Waals surface area contributed by atoms with Gasteiger partial charge >= 0.3 is 5.97 Å². The van der Waals surface area contributed by atoms with Gasteiger partial charge in [-0.1, -0.05) is 6.92 Å². The molecule has 1 heterocycles. The second kappa shape index (κ2) is 6.16. The van der Waals surface area contributed by atoms with Gasteiger partial charge in [0.1, 0.15) is 6.04 Å². The summed E-state index contributed by atoms with van der Waals surface area (Å²) in [6, 6.07) is 2.92. The summed E-state index contributed by atoms with van der Waals surface area (Å²) in [5.74, 6) is -1.59. The number of carboxylic acid groups (broad SMARTS) is 1. The third-order valence-electron chi connectivity index (χ3n) is 2.44. The van der Waals surface area contributed by atoms with E-state index in [1.54, 1.807) is 13.8 Å². The van der Waals surface area contributed by atoms with Gasteiger partial charge in [0.05, 0.1) is 9.70 Å². The predicted octanol–water partition coefficient (Wildman–Crippen LogP) is 2.59.